The van der Waals surface area contributed by atoms with E-state index in [2.05, 4.69) is 4.98 Å². The Morgan fingerprint density at radius 3 is 2.28 bits per heavy atom. The number of fused-ring (bicyclic) bond motifs is 1. The number of hydrogen-bond donors (Lipinski definition) is 0. The molecule has 164 valence electrons. The molecule has 0 amide bonds. The summed E-state index contributed by atoms with van der Waals surface area (Å²) in [7, 11) is 0. The normalized spacial score (nSPS) is 11.2. The summed E-state index contributed by atoms with van der Waals surface area (Å²) >= 11 is 0. The van der Waals surface area contributed by atoms with Crippen LogP contribution in [0, 0.1) is 23.3 Å². The number of rotatable bonds is 7. The third-order valence-corrected chi connectivity index (χ3v) is 5.27. The van der Waals surface area contributed by atoms with Gasteiger partial charge in [0.2, 0.25) is 0 Å². The van der Waals surface area contributed by atoms with Crippen molar-refractivity contribution in [2.75, 3.05) is 6.61 Å². The van der Waals surface area contributed by atoms with Gasteiger partial charge in [0, 0.05) is 10.9 Å². The number of ether oxygens (including phenoxy) is 1. The lowest BCUT2D eigenvalue weighted by atomic mass is 9.98. The number of hydrogen-bond acceptors (Lipinski definition) is 2. The average molecular weight is 439 g/mol. The highest BCUT2D eigenvalue weighted by Gasteiger charge is 2.13. The first-order valence-electron chi connectivity index (χ1n) is 10.4. The molecular formula is C26H21F4NO. The predicted octanol–water partition coefficient (Wildman–Crippen LogP) is 7.03. The molecule has 4 aromatic rings. The monoisotopic (exact) mass is 439 g/mol. The van der Waals surface area contributed by atoms with Crippen LogP contribution in [0.1, 0.15) is 24.5 Å². The third-order valence-electron chi connectivity index (χ3n) is 5.27. The van der Waals surface area contributed by atoms with Gasteiger partial charge >= 0.3 is 0 Å². The lowest BCUT2D eigenvalue weighted by Crippen LogP contribution is -1.99. The molecule has 0 radical (unpaired) electrons. The minimum Gasteiger partial charge on any atom is -0.492 e. The lowest BCUT2D eigenvalue weighted by molar-refractivity contribution is 0.316. The molecule has 0 bridgehead atoms. The second-order valence-corrected chi connectivity index (χ2v) is 7.58. The Morgan fingerprint density at radius 1 is 0.812 bits per heavy atom. The maximum atomic E-state index is 15.1. The molecule has 0 spiro atoms. The zero-order valence-electron chi connectivity index (χ0n) is 17.5. The van der Waals surface area contributed by atoms with E-state index in [1.807, 2.05) is 31.2 Å². The molecule has 6 heteroatoms. The van der Waals surface area contributed by atoms with E-state index in [-0.39, 0.29) is 24.2 Å². The van der Waals surface area contributed by atoms with Crippen molar-refractivity contribution in [3.63, 3.8) is 0 Å². The van der Waals surface area contributed by atoms with Gasteiger partial charge in [0.25, 0.3) is 0 Å². The van der Waals surface area contributed by atoms with E-state index in [1.165, 1.54) is 0 Å². The van der Waals surface area contributed by atoms with Crippen LogP contribution in [0.5, 0.6) is 5.75 Å². The molecular weight excluding hydrogens is 418 g/mol. The molecule has 0 aliphatic carbocycles. The van der Waals surface area contributed by atoms with E-state index in [1.54, 1.807) is 24.4 Å². The summed E-state index contributed by atoms with van der Waals surface area (Å²) in [4.78, 5) is 4.43. The van der Waals surface area contributed by atoms with Gasteiger partial charge in [0.15, 0.2) is 17.5 Å². The second-order valence-electron chi connectivity index (χ2n) is 7.58. The summed E-state index contributed by atoms with van der Waals surface area (Å²) in [5.41, 5.74) is 2.30. The fourth-order valence-corrected chi connectivity index (χ4v) is 3.58. The van der Waals surface area contributed by atoms with Crippen LogP contribution in [-0.2, 0) is 12.8 Å². The highest BCUT2D eigenvalue weighted by Crippen LogP contribution is 2.28. The molecule has 0 aliphatic rings. The van der Waals surface area contributed by atoms with Crippen LogP contribution in [0.3, 0.4) is 0 Å². The van der Waals surface area contributed by atoms with E-state index in [0.717, 1.165) is 35.2 Å². The molecule has 32 heavy (non-hydrogen) atoms. The van der Waals surface area contributed by atoms with Gasteiger partial charge in [-0.15, -0.1) is 0 Å². The Hall–Kier alpha value is -3.41. The van der Waals surface area contributed by atoms with Gasteiger partial charge in [-0.05, 0) is 66.1 Å². The largest absolute Gasteiger partial charge is 0.492 e. The molecule has 4 rings (SSSR count). The molecule has 0 saturated heterocycles. The highest BCUT2D eigenvalue weighted by molar-refractivity contribution is 5.88. The van der Waals surface area contributed by atoms with Crippen molar-refractivity contribution >= 4 is 10.8 Å². The average Bonchev–Trinajstić information content (AvgIpc) is 2.81. The number of halogens is 4. The summed E-state index contributed by atoms with van der Waals surface area (Å²) in [5, 5.41) is 1.17. The van der Waals surface area contributed by atoms with Gasteiger partial charge in [-0.2, -0.15) is 0 Å². The second kappa shape index (κ2) is 9.39. The minimum absolute atomic E-state index is 0.186. The van der Waals surface area contributed by atoms with Crippen LogP contribution < -0.4 is 4.74 Å². The Labute approximate surface area is 183 Å². The molecule has 0 saturated carbocycles. The van der Waals surface area contributed by atoms with Crippen LogP contribution in [0.15, 0.2) is 60.8 Å². The van der Waals surface area contributed by atoms with E-state index < -0.39 is 17.5 Å². The van der Waals surface area contributed by atoms with Crippen LogP contribution >= 0.6 is 0 Å². The summed E-state index contributed by atoms with van der Waals surface area (Å²) in [6.45, 7) is 2.66. The van der Waals surface area contributed by atoms with Gasteiger partial charge < -0.3 is 4.74 Å². The maximum Gasteiger partial charge on any atom is 0.194 e. The summed E-state index contributed by atoms with van der Waals surface area (Å²) in [6, 6.07) is 14.4. The predicted molar refractivity (Wildman–Crippen MR) is 117 cm³/mol. The molecule has 0 N–H and O–H groups in total. The van der Waals surface area contributed by atoms with Crippen LogP contribution in [0.4, 0.5) is 17.6 Å². The lowest BCUT2D eigenvalue weighted by Gasteiger charge is -2.10. The Bertz CT molecular complexity index is 1230. The molecule has 0 unspecified atom stereocenters. The van der Waals surface area contributed by atoms with Gasteiger partial charge in [0.05, 0.1) is 18.5 Å². The van der Waals surface area contributed by atoms with E-state index >= 15 is 4.39 Å². The van der Waals surface area contributed by atoms with Gasteiger partial charge in [-0.3, -0.25) is 4.98 Å². The van der Waals surface area contributed by atoms with E-state index in [9.17, 15) is 13.2 Å². The van der Waals surface area contributed by atoms with Crippen LogP contribution in [0.2, 0.25) is 0 Å². The molecule has 1 heterocycles. The molecule has 1 aromatic heterocycles. The van der Waals surface area contributed by atoms with Crippen LogP contribution in [-0.4, -0.2) is 11.6 Å². The van der Waals surface area contributed by atoms with Crippen molar-refractivity contribution in [1.82, 2.24) is 4.98 Å². The Balaban J connectivity index is 1.54. The van der Waals surface area contributed by atoms with Gasteiger partial charge in [-0.25, -0.2) is 17.6 Å². The van der Waals surface area contributed by atoms with Crippen molar-refractivity contribution in [2.45, 2.75) is 26.2 Å². The van der Waals surface area contributed by atoms with Crippen molar-refractivity contribution in [3.8, 4) is 17.0 Å². The molecule has 0 aliphatic heterocycles. The third kappa shape index (κ3) is 4.59. The smallest absolute Gasteiger partial charge is 0.194 e. The zero-order valence-corrected chi connectivity index (χ0v) is 17.5. The highest BCUT2D eigenvalue weighted by atomic mass is 19.2. The molecule has 3 aromatic carbocycles. The summed E-state index contributed by atoms with van der Waals surface area (Å²) in [6.07, 6.45) is 3.00. The Morgan fingerprint density at radius 2 is 1.59 bits per heavy atom. The molecule has 0 atom stereocenters. The quantitative estimate of drug-likeness (QED) is 0.228. The van der Waals surface area contributed by atoms with Gasteiger partial charge in [-0.1, -0.05) is 31.2 Å². The summed E-state index contributed by atoms with van der Waals surface area (Å²) < 4.78 is 60.5. The van der Waals surface area contributed by atoms with E-state index in [0.29, 0.717) is 23.3 Å². The molecule has 2 nitrogen and oxygen atoms in total. The number of nitrogens with zero attached hydrogens (tertiary/aromatic N) is 1. The van der Waals surface area contributed by atoms with Crippen LogP contribution in [0.25, 0.3) is 22.0 Å². The zero-order chi connectivity index (χ0) is 22.7. The minimum atomic E-state index is -1.50. The maximum absolute atomic E-state index is 15.1. The number of benzene rings is 3. The number of pyridine rings is 1. The molecule has 0 fully saturated rings. The fourth-order valence-electron chi connectivity index (χ4n) is 3.58. The van der Waals surface area contributed by atoms with Gasteiger partial charge in [0.1, 0.15) is 11.6 Å². The standard InChI is InChI=1S/C26H21F4NO/c1-2-11-32-20-8-10-24(31-15-20)19-7-9-21-18(14-19)6-5-17(25(21)29)4-3-16-12-22(27)26(30)23(28)13-16/h5-10,12-15H,2-4,11H2,1H3. The first-order chi connectivity index (χ1) is 15.5. The fraction of sp³-hybridized carbons (Fsp3) is 0.192. The first kappa shape index (κ1) is 21.8. The van der Waals surface area contributed by atoms with Crippen molar-refractivity contribution in [1.29, 1.82) is 0 Å². The van der Waals surface area contributed by atoms with Crippen molar-refractivity contribution in [2.24, 2.45) is 0 Å². The van der Waals surface area contributed by atoms with E-state index in [4.69, 9.17) is 4.74 Å². The SMILES string of the molecule is CCCOc1ccc(-c2ccc3c(F)c(CCc4cc(F)c(F)c(F)c4)ccc3c2)nc1. The van der Waals surface area contributed by atoms with Crippen molar-refractivity contribution < 1.29 is 22.3 Å². The topological polar surface area (TPSA) is 22.1 Å². The number of aryl methyl sites for hydroxylation is 2. The number of aromatic nitrogens is 1. The first-order valence-corrected chi connectivity index (χ1v) is 10.4. The van der Waals surface area contributed by atoms with Crippen molar-refractivity contribution in [3.05, 3.63) is 95.2 Å². The summed E-state index contributed by atoms with van der Waals surface area (Å²) in [5.74, 6) is -3.67. The Kier molecular flexibility index (Phi) is 6.40.